The molecule has 0 aliphatic rings. The average molecular weight is 972 g/mol. The molecule has 0 aromatic carbocycles. The van der Waals surface area contributed by atoms with Crippen molar-refractivity contribution >= 4 is 11.9 Å². The van der Waals surface area contributed by atoms with Crippen LogP contribution in [0, 0.1) is 0 Å². The number of ether oxygens (including phenoxy) is 2. The van der Waals surface area contributed by atoms with Gasteiger partial charge in [-0.15, -0.1) is 0 Å². The Morgan fingerprint density at radius 3 is 0.943 bits per heavy atom. The average Bonchev–Trinajstić information content (AvgIpc) is 3.36. The van der Waals surface area contributed by atoms with Gasteiger partial charge in [-0.1, -0.05) is 264 Å². The van der Waals surface area contributed by atoms with Gasteiger partial charge in [-0.3, -0.25) is 9.59 Å². The van der Waals surface area contributed by atoms with Crippen molar-refractivity contribution in [1.82, 2.24) is 0 Å². The molecule has 5 heteroatoms. The molecule has 0 aromatic rings. The van der Waals surface area contributed by atoms with Gasteiger partial charge in [0.15, 0.2) is 6.10 Å². The standard InChI is InChI=1S/C65H110O5/c1-3-5-7-9-11-13-15-17-19-21-22-23-24-25-26-27-28-29-30-31-32-33-34-35-36-37-38-39-40-41-42-44-46-48-50-52-54-56-58-60-65(68)70-63(61-66)62-69-64(67)59-57-55-53-51-49-47-45-43-20-18-16-14-12-10-8-6-4-2/h5,7,11,13,17-20,22-23,25-26,28-29,31-32,34-35,63,66H,3-4,6,8-10,12,14-16,21,24,27,30,33,36-62H2,1-2H3/b7-5-,13-11-,19-17-,20-18-,23-22-,26-25-,29-28-,32-31-,35-34-. The van der Waals surface area contributed by atoms with Crippen molar-refractivity contribution in [2.45, 2.75) is 277 Å². The van der Waals surface area contributed by atoms with Crippen LogP contribution in [-0.4, -0.2) is 36.4 Å². The third-order valence-electron chi connectivity index (χ3n) is 12.6. The number of rotatable bonds is 53. The van der Waals surface area contributed by atoms with E-state index in [2.05, 4.69) is 123 Å². The molecule has 0 fully saturated rings. The van der Waals surface area contributed by atoms with Crippen LogP contribution in [0.1, 0.15) is 271 Å². The highest BCUT2D eigenvalue weighted by atomic mass is 16.6. The Balaban J connectivity index is 3.52. The first-order valence-electron chi connectivity index (χ1n) is 29.4. The number of aliphatic hydroxyl groups is 1. The topological polar surface area (TPSA) is 72.8 Å². The highest BCUT2D eigenvalue weighted by Crippen LogP contribution is 2.16. The number of carbonyl (C=O) groups excluding carboxylic acids is 2. The molecule has 400 valence electrons. The van der Waals surface area contributed by atoms with Gasteiger partial charge in [-0.2, -0.15) is 0 Å². The SMILES string of the molecule is CC/C=C\C/C=C\C/C=C\C/C=C\C/C=C\C/C=C\C/C=C\C/C=C\CCCCCCCCCCCCCCCCC(=O)OC(CO)COC(=O)CCCCCCCCC/C=C\CCCCCCCC. The van der Waals surface area contributed by atoms with E-state index in [0.29, 0.717) is 12.8 Å². The molecule has 0 heterocycles. The van der Waals surface area contributed by atoms with E-state index >= 15 is 0 Å². The van der Waals surface area contributed by atoms with E-state index in [9.17, 15) is 14.7 Å². The van der Waals surface area contributed by atoms with Crippen LogP contribution in [0.4, 0.5) is 0 Å². The van der Waals surface area contributed by atoms with Gasteiger partial charge >= 0.3 is 11.9 Å². The molecular weight excluding hydrogens is 861 g/mol. The fourth-order valence-electron chi connectivity index (χ4n) is 8.15. The monoisotopic (exact) mass is 971 g/mol. The van der Waals surface area contributed by atoms with Crippen LogP contribution < -0.4 is 0 Å². The molecule has 0 spiro atoms. The lowest BCUT2D eigenvalue weighted by Gasteiger charge is -2.15. The van der Waals surface area contributed by atoms with Gasteiger partial charge in [0.1, 0.15) is 6.61 Å². The van der Waals surface area contributed by atoms with E-state index in [4.69, 9.17) is 9.47 Å². The molecule has 1 N–H and O–H groups in total. The molecule has 70 heavy (non-hydrogen) atoms. The summed E-state index contributed by atoms with van der Waals surface area (Å²) in [6.45, 7) is 4.03. The number of hydrogen-bond acceptors (Lipinski definition) is 5. The van der Waals surface area contributed by atoms with Crippen LogP contribution in [0.25, 0.3) is 0 Å². The van der Waals surface area contributed by atoms with Crippen molar-refractivity contribution in [3.8, 4) is 0 Å². The van der Waals surface area contributed by atoms with Crippen molar-refractivity contribution in [2.24, 2.45) is 0 Å². The smallest absolute Gasteiger partial charge is 0.306 e. The van der Waals surface area contributed by atoms with E-state index in [1.807, 2.05) is 0 Å². The highest BCUT2D eigenvalue weighted by molar-refractivity contribution is 5.70. The lowest BCUT2D eigenvalue weighted by molar-refractivity contribution is -0.161. The molecule has 0 aliphatic carbocycles. The highest BCUT2D eigenvalue weighted by Gasteiger charge is 2.16. The predicted molar refractivity (Wildman–Crippen MR) is 306 cm³/mol. The van der Waals surface area contributed by atoms with Gasteiger partial charge in [-0.25, -0.2) is 0 Å². The summed E-state index contributed by atoms with van der Waals surface area (Å²) in [4.78, 5) is 24.5. The van der Waals surface area contributed by atoms with Crippen molar-refractivity contribution < 1.29 is 24.2 Å². The minimum Gasteiger partial charge on any atom is -0.462 e. The van der Waals surface area contributed by atoms with E-state index < -0.39 is 6.10 Å². The van der Waals surface area contributed by atoms with Crippen molar-refractivity contribution in [3.63, 3.8) is 0 Å². The molecule has 0 rings (SSSR count). The maximum Gasteiger partial charge on any atom is 0.306 e. The number of allylic oxidation sites excluding steroid dienone is 18. The van der Waals surface area contributed by atoms with Crippen LogP contribution >= 0.6 is 0 Å². The third-order valence-corrected chi connectivity index (χ3v) is 12.6. The fourth-order valence-corrected chi connectivity index (χ4v) is 8.15. The Morgan fingerprint density at radius 2 is 0.614 bits per heavy atom. The minimum absolute atomic E-state index is 0.0704. The van der Waals surface area contributed by atoms with Crippen LogP contribution in [0.2, 0.25) is 0 Å². The van der Waals surface area contributed by atoms with Crippen LogP contribution in [0.15, 0.2) is 109 Å². The summed E-state index contributed by atoms with van der Waals surface area (Å²) in [5, 5.41) is 9.65. The van der Waals surface area contributed by atoms with Gasteiger partial charge in [0, 0.05) is 12.8 Å². The van der Waals surface area contributed by atoms with Gasteiger partial charge in [-0.05, 0) is 103 Å². The second-order valence-electron chi connectivity index (χ2n) is 19.3. The van der Waals surface area contributed by atoms with Gasteiger partial charge < -0.3 is 14.6 Å². The van der Waals surface area contributed by atoms with Crippen molar-refractivity contribution in [1.29, 1.82) is 0 Å². The molecule has 1 atom stereocenters. The number of hydrogen-bond donors (Lipinski definition) is 1. The normalized spacial score (nSPS) is 13.0. The first-order valence-corrected chi connectivity index (χ1v) is 29.4. The Labute approximate surface area is 433 Å². The molecule has 1 unspecified atom stereocenters. The molecule has 5 nitrogen and oxygen atoms in total. The molecule has 0 aromatic heterocycles. The predicted octanol–water partition coefficient (Wildman–Crippen LogP) is 20.1. The molecule has 0 aliphatic heterocycles. The molecule has 0 amide bonds. The fraction of sp³-hybridized carbons (Fsp3) is 0.692. The van der Waals surface area contributed by atoms with Gasteiger partial charge in [0.05, 0.1) is 6.61 Å². The number of carbonyl (C=O) groups is 2. The van der Waals surface area contributed by atoms with E-state index in [1.165, 1.54) is 154 Å². The van der Waals surface area contributed by atoms with Crippen molar-refractivity contribution in [2.75, 3.05) is 13.2 Å². The minimum atomic E-state index is -0.779. The van der Waals surface area contributed by atoms with Crippen molar-refractivity contribution in [3.05, 3.63) is 109 Å². The summed E-state index contributed by atoms with van der Waals surface area (Å²) in [5.74, 6) is -0.593. The summed E-state index contributed by atoms with van der Waals surface area (Å²) < 4.78 is 10.7. The summed E-state index contributed by atoms with van der Waals surface area (Å²) in [6.07, 6.45) is 86.4. The summed E-state index contributed by atoms with van der Waals surface area (Å²) in [5.41, 5.74) is 0. The van der Waals surface area contributed by atoms with Gasteiger partial charge in [0.2, 0.25) is 0 Å². The maximum absolute atomic E-state index is 12.3. The Bertz CT molecular complexity index is 1380. The number of unbranched alkanes of at least 4 members (excludes halogenated alkanes) is 27. The Hall–Kier alpha value is -3.44. The molecule has 0 bridgehead atoms. The van der Waals surface area contributed by atoms with E-state index in [-0.39, 0.29) is 25.2 Å². The number of esters is 2. The van der Waals surface area contributed by atoms with Gasteiger partial charge in [0.25, 0.3) is 0 Å². The zero-order chi connectivity index (χ0) is 50.6. The maximum atomic E-state index is 12.3. The Kier molecular flexibility index (Phi) is 56.9. The van der Waals surface area contributed by atoms with Crippen LogP contribution in [-0.2, 0) is 19.1 Å². The molecular formula is C65H110O5. The largest absolute Gasteiger partial charge is 0.462 e. The molecule has 0 saturated heterocycles. The van der Waals surface area contributed by atoms with Crippen LogP contribution in [0.5, 0.6) is 0 Å². The van der Waals surface area contributed by atoms with Crippen LogP contribution in [0.3, 0.4) is 0 Å². The lowest BCUT2D eigenvalue weighted by Crippen LogP contribution is -2.28. The Morgan fingerprint density at radius 1 is 0.343 bits per heavy atom. The first kappa shape index (κ1) is 66.6. The third kappa shape index (κ3) is 57.1. The van der Waals surface area contributed by atoms with E-state index in [1.54, 1.807) is 0 Å². The molecule has 0 saturated carbocycles. The summed E-state index contributed by atoms with van der Waals surface area (Å²) in [6, 6.07) is 0. The summed E-state index contributed by atoms with van der Waals surface area (Å²) in [7, 11) is 0. The van der Waals surface area contributed by atoms with E-state index in [0.717, 1.165) is 89.9 Å². The zero-order valence-electron chi connectivity index (χ0n) is 45.7. The lowest BCUT2D eigenvalue weighted by atomic mass is 10.0. The number of aliphatic hydroxyl groups excluding tert-OH is 1. The first-order chi connectivity index (χ1) is 34.6. The second kappa shape index (κ2) is 59.9. The quantitative estimate of drug-likeness (QED) is 0.0373. The molecule has 0 radical (unpaired) electrons. The second-order valence-corrected chi connectivity index (χ2v) is 19.3. The summed E-state index contributed by atoms with van der Waals surface area (Å²) >= 11 is 0. The zero-order valence-corrected chi connectivity index (χ0v) is 45.7.